The van der Waals surface area contributed by atoms with Crippen molar-refractivity contribution in [3.05, 3.63) is 28.3 Å². The molecule has 7 heteroatoms. The number of nitrogens with two attached hydrogens (primary N) is 1. The van der Waals surface area contributed by atoms with Gasteiger partial charge in [0, 0.05) is 29.6 Å². The summed E-state index contributed by atoms with van der Waals surface area (Å²) >= 11 is 1.89. The molecule has 1 atom stereocenters. The minimum absolute atomic E-state index is 0.0357. The first-order chi connectivity index (χ1) is 8.19. The van der Waals surface area contributed by atoms with Gasteiger partial charge < -0.3 is 10.7 Å². The van der Waals surface area contributed by atoms with E-state index in [1.165, 1.54) is 12.1 Å². The Morgan fingerprint density at radius 3 is 2.76 bits per heavy atom. The molecule has 1 fully saturated rings. The smallest absolute Gasteiger partial charge is 0.273 e. The Balaban J connectivity index is 2.19. The highest BCUT2D eigenvalue weighted by molar-refractivity contribution is 7.99. The fourth-order valence-electron chi connectivity index (χ4n) is 1.77. The summed E-state index contributed by atoms with van der Waals surface area (Å²) in [5, 5.41) is 14.1. The minimum Gasteiger partial charge on any atom is -0.381 e. The fourth-order valence-corrected chi connectivity index (χ4v) is 2.92. The quantitative estimate of drug-likeness (QED) is 0.431. The second kappa shape index (κ2) is 5.24. The van der Waals surface area contributed by atoms with E-state index >= 15 is 0 Å². The van der Waals surface area contributed by atoms with Crippen LogP contribution in [0.25, 0.3) is 0 Å². The van der Waals surface area contributed by atoms with Gasteiger partial charge in [-0.1, -0.05) is 0 Å². The molecule has 0 saturated carbocycles. The Kier molecular flexibility index (Phi) is 3.70. The second-order valence-electron chi connectivity index (χ2n) is 3.87. The van der Waals surface area contributed by atoms with E-state index in [0.717, 1.165) is 23.6 Å². The molecule has 0 amide bonds. The van der Waals surface area contributed by atoms with Crippen LogP contribution in [0.3, 0.4) is 0 Å². The van der Waals surface area contributed by atoms with Gasteiger partial charge >= 0.3 is 0 Å². The number of rotatable bonds is 4. The van der Waals surface area contributed by atoms with Crippen molar-refractivity contribution in [2.75, 3.05) is 22.2 Å². The molecule has 0 spiro atoms. The average Bonchev–Trinajstić information content (AvgIpc) is 2.81. The van der Waals surface area contributed by atoms with Gasteiger partial charge in [-0.3, -0.25) is 16.0 Å². The van der Waals surface area contributed by atoms with Gasteiger partial charge in [0.05, 0.1) is 10.6 Å². The number of nitrogens with one attached hydrogen (secondary N) is 2. The lowest BCUT2D eigenvalue weighted by atomic mass is 10.2. The maximum atomic E-state index is 10.8. The molecule has 1 aromatic carbocycles. The Labute approximate surface area is 103 Å². The number of anilines is 2. The molecule has 17 heavy (non-hydrogen) atoms. The number of nitro groups is 1. The standard InChI is InChI=1S/C10H14N4O2S/c11-13-9-3-8(4-10(5-9)14(15)16)12-7-1-2-17-6-7/h3-5,7,12-13H,1-2,6,11H2. The highest BCUT2D eigenvalue weighted by atomic mass is 32.2. The van der Waals surface area contributed by atoms with Crippen molar-refractivity contribution in [2.45, 2.75) is 12.5 Å². The molecule has 1 saturated heterocycles. The molecule has 6 nitrogen and oxygen atoms in total. The molecule has 0 aromatic heterocycles. The number of benzene rings is 1. The third-order valence-corrected chi connectivity index (χ3v) is 3.76. The van der Waals surface area contributed by atoms with Crippen LogP contribution in [0.5, 0.6) is 0 Å². The summed E-state index contributed by atoms with van der Waals surface area (Å²) in [6.07, 6.45) is 1.08. The lowest BCUT2D eigenvalue weighted by molar-refractivity contribution is -0.384. The highest BCUT2D eigenvalue weighted by Crippen LogP contribution is 2.27. The Hall–Kier alpha value is -1.47. The Bertz CT molecular complexity index is 421. The molecular formula is C10H14N4O2S. The van der Waals surface area contributed by atoms with Crippen molar-refractivity contribution in [1.82, 2.24) is 0 Å². The maximum absolute atomic E-state index is 10.8. The number of hydrogen-bond donors (Lipinski definition) is 3. The van der Waals surface area contributed by atoms with Crippen molar-refractivity contribution in [3.8, 4) is 0 Å². The van der Waals surface area contributed by atoms with E-state index in [-0.39, 0.29) is 5.69 Å². The van der Waals surface area contributed by atoms with Crippen LogP contribution in [0.4, 0.5) is 17.1 Å². The van der Waals surface area contributed by atoms with Crippen LogP contribution in [0.15, 0.2) is 18.2 Å². The first kappa shape index (κ1) is 12.0. The van der Waals surface area contributed by atoms with Crippen molar-refractivity contribution in [1.29, 1.82) is 0 Å². The summed E-state index contributed by atoms with van der Waals surface area (Å²) in [6.45, 7) is 0. The summed E-state index contributed by atoms with van der Waals surface area (Å²) in [7, 11) is 0. The number of hydrazine groups is 1. The molecule has 1 aliphatic rings. The molecule has 1 heterocycles. The molecule has 1 aliphatic heterocycles. The highest BCUT2D eigenvalue weighted by Gasteiger charge is 2.17. The van der Waals surface area contributed by atoms with Crippen molar-refractivity contribution in [2.24, 2.45) is 5.84 Å². The number of nitro benzene ring substituents is 1. The summed E-state index contributed by atoms with van der Waals surface area (Å²) in [4.78, 5) is 10.3. The van der Waals surface area contributed by atoms with E-state index in [0.29, 0.717) is 11.7 Å². The summed E-state index contributed by atoms with van der Waals surface area (Å²) in [6, 6.07) is 5.10. The van der Waals surface area contributed by atoms with Gasteiger partial charge in [0.15, 0.2) is 0 Å². The van der Waals surface area contributed by atoms with E-state index in [9.17, 15) is 10.1 Å². The van der Waals surface area contributed by atoms with E-state index in [1.54, 1.807) is 6.07 Å². The zero-order valence-electron chi connectivity index (χ0n) is 9.18. The van der Waals surface area contributed by atoms with Crippen LogP contribution >= 0.6 is 11.8 Å². The predicted molar refractivity (Wildman–Crippen MR) is 70.3 cm³/mol. The molecule has 4 N–H and O–H groups in total. The topological polar surface area (TPSA) is 93.2 Å². The summed E-state index contributed by atoms with van der Waals surface area (Å²) in [5.74, 6) is 7.46. The zero-order valence-corrected chi connectivity index (χ0v) is 10.00. The van der Waals surface area contributed by atoms with Crippen molar-refractivity contribution >= 4 is 28.8 Å². The predicted octanol–water partition coefficient (Wildman–Crippen LogP) is 1.80. The largest absolute Gasteiger partial charge is 0.381 e. The molecule has 1 unspecified atom stereocenters. The fraction of sp³-hybridized carbons (Fsp3) is 0.400. The molecule has 2 rings (SSSR count). The Morgan fingerprint density at radius 1 is 1.41 bits per heavy atom. The normalized spacial score (nSPS) is 19.0. The lowest BCUT2D eigenvalue weighted by Gasteiger charge is -2.13. The van der Waals surface area contributed by atoms with Gasteiger partial charge in [-0.2, -0.15) is 11.8 Å². The van der Waals surface area contributed by atoms with Gasteiger partial charge in [-0.15, -0.1) is 0 Å². The second-order valence-corrected chi connectivity index (χ2v) is 5.02. The minimum atomic E-state index is -0.421. The van der Waals surface area contributed by atoms with Crippen LogP contribution in [0.2, 0.25) is 0 Å². The summed E-state index contributed by atoms with van der Waals surface area (Å²) < 4.78 is 0. The monoisotopic (exact) mass is 254 g/mol. The van der Waals surface area contributed by atoms with E-state index in [1.807, 2.05) is 11.8 Å². The molecular weight excluding hydrogens is 240 g/mol. The number of non-ortho nitro benzene ring substituents is 1. The molecule has 1 aromatic rings. The molecule has 0 radical (unpaired) electrons. The van der Waals surface area contributed by atoms with Gasteiger partial charge in [-0.25, -0.2) is 0 Å². The SMILES string of the molecule is NNc1cc(NC2CCSC2)cc([N+](=O)[O-])c1. The molecule has 92 valence electrons. The lowest BCUT2D eigenvalue weighted by Crippen LogP contribution is -2.18. The first-order valence-electron chi connectivity index (χ1n) is 5.29. The van der Waals surface area contributed by atoms with E-state index in [4.69, 9.17) is 5.84 Å². The Morgan fingerprint density at radius 2 is 2.18 bits per heavy atom. The number of nitrogen functional groups attached to an aromatic ring is 1. The van der Waals surface area contributed by atoms with Crippen LogP contribution in [-0.4, -0.2) is 22.5 Å². The zero-order chi connectivity index (χ0) is 12.3. The number of nitrogens with zero attached hydrogens (tertiary/aromatic N) is 1. The van der Waals surface area contributed by atoms with E-state index < -0.39 is 4.92 Å². The van der Waals surface area contributed by atoms with Gasteiger partial charge in [-0.05, 0) is 18.2 Å². The molecule has 0 bridgehead atoms. The van der Waals surface area contributed by atoms with E-state index in [2.05, 4.69) is 10.7 Å². The first-order valence-corrected chi connectivity index (χ1v) is 6.45. The third kappa shape index (κ3) is 3.01. The summed E-state index contributed by atoms with van der Waals surface area (Å²) in [5.41, 5.74) is 3.74. The molecule has 0 aliphatic carbocycles. The van der Waals surface area contributed by atoms with Crippen LogP contribution in [0.1, 0.15) is 6.42 Å². The van der Waals surface area contributed by atoms with Crippen LogP contribution < -0.4 is 16.6 Å². The van der Waals surface area contributed by atoms with Crippen LogP contribution in [-0.2, 0) is 0 Å². The van der Waals surface area contributed by atoms with Crippen LogP contribution in [0, 0.1) is 10.1 Å². The average molecular weight is 254 g/mol. The third-order valence-electron chi connectivity index (χ3n) is 2.60. The van der Waals surface area contributed by atoms with Crippen molar-refractivity contribution < 1.29 is 4.92 Å². The maximum Gasteiger partial charge on any atom is 0.273 e. The van der Waals surface area contributed by atoms with Crippen molar-refractivity contribution in [3.63, 3.8) is 0 Å². The number of thioether (sulfide) groups is 1. The van der Waals surface area contributed by atoms with Gasteiger partial charge in [0.1, 0.15) is 0 Å². The number of hydrogen-bond acceptors (Lipinski definition) is 6. The van der Waals surface area contributed by atoms with Gasteiger partial charge in [0.25, 0.3) is 5.69 Å². The van der Waals surface area contributed by atoms with Gasteiger partial charge in [0.2, 0.25) is 0 Å².